The molecule has 6 nitrogen and oxygen atoms in total. The number of aryl methyl sites for hydroxylation is 2. The van der Waals surface area contributed by atoms with Gasteiger partial charge in [-0.3, -0.25) is 19.5 Å². The van der Waals surface area contributed by atoms with E-state index in [0.717, 1.165) is 50.8 Å². The molecule has 1 aromatic carbocycles. The van der Waals surface area contributed by atoms with Crippen LogP contribution in [0.1, 0.15) is 60.7 Å². The number of aromatic nitrogens is 1. The Balaban J connectivity index is 1.14. The number of carbonyl (C=O) groups is 2. The molecule has 2 aliphatic heterocycles. The number of fused-ring (bicyclic) bond motifs is 1. The van der Waals surface area contributed by atoms with Crippen molar-refractivity contribution >= 4 is 11.9 Å². The summed E-state index contributed by atoms with van der Waals surface area (Å²) in [5.41, 5.74) is 4.72. The van der Waals surface area contributed by atoms with E-state index in [4.69, 9.17) is 4.98 Å². The second kappa shape index (κ2) is 10.3. The van der Waals surface area contributed by atoms with E-state index >= 15 is 0 Å². The molecule has 2 aromatic rings. The van der Waals surface area contributed by atoms with Gasteiger partial charge in [0.1, 0.15) is 6.04 Å². The number of carbonyl (C=O) groups excluding carboxylic acids is 1. The van der Waals surface area contributed by atoms with E-state index in [1.165, 1.54) is 36.2 Å². The number of carboxylic acids is 1. The smallest absolute Gasteiger partial charge is 0.325 e. The summed E-state index contributed by atoms with van der Waals surface area (Å²) >= 11 is 0. The van der Waals surface area contributed by atoms with E-state index < -0.39 is 12.0 Å². The second-order valence-corrected chi connectivity index (χ2v) is 10.2. The first-order valence-corrected chi connectivity index (χ1v) is 12.9. The summed E-state index contributed by atoms with van der Waals surface area (Å²) in [4.78, 5) is 34.2. The van der Waals surface area contributed by atoms with Crippen molar-refractivity contribution in [3.05, 3.63) is 65.0 Å². The van der Waals surface area contributed by atoms with Crippen LogP contribution in [0.4, 0.5) is 0 Å². The molecule has 3 aliphatic rings. The second-order valence-electron chi connectivity index (χ2n) is 10.2. The highest BCUT2D eigenvalue weighted by atomic mass is 16.4. The first kappa shape index (κ1) is 23.0. The van der Waals surface area contributed by atoms with Crippen molar-refractivity contribution in [3.8, 4) is 0 Å². The number of carboxylic acid groups (broad SMARTS) is 1. The molecule has 0 unspecified atom stereocenters. The third-order valence-corrected chi connectivity index (χ3v) is 7.94. The van der Waals surface area contributed by atoms with Gasteiger partial charge >= 0.3 is 5.97 Å². The first-order valence-electron chi connectivity index (χ1n) is 12.9. The fraction of sp³-hybridized carbons (Fsp3) is 0.536. The average Bonchev–Trinajstić information content (AvgIpc) is 3.34. The third kappa shape index (κ3) is 5.02. The van der Waals surface area contributed by atoms with Crippen molar-refractivity contribution in [2.24, 2.45) is 11.8 Å². The van der Waals surface area contributed by atoms with Crippen molar-refractivity contribution in [3.63, 3.8) is 0 Å². The monoisotopic (exact) mass is 461 g/mol. The molecule has 0 saturated carbocycles. The van der Waals surface area contributed by atoms with Gasteiger partial charge in [-0.15, -0.1) is 0 Å². The number of rotatable bonds is 6. The zero-order chi connectivity index (χ0) is 23.5. The van der Waals surface area contributed by atoms with Crippen LogP contribution < -0.4 is 0 Å². The molecular formula is C28H35N3O3. The molecule has 2 atom stereocenters. The van der Waals surface area contributed by atoms with Gasteiger partial charge in [0.2, 0.25) is 5.91 Å². The van der Waals surface area contributed by atoms with Gasteiger partial charge in [-0.2, -0.15) is 0 Å². The van der Waals surface area contributed by atoms with Gasteiger partial charge in [0, 0.05) is 37.6 Å². The van der Waals surface area contributed by atoms with Crippen LogP contribution >= 0.6 is 0 Å². The minimum Gasteiger partial charge on any atom is -0.480 e. The Kier molecular flexibility index (Phi) is 6.95. The van der Waals surface area contributed by atoms with E-state index in [9.17, 15) is 14.7 Å². The zero-order valence-electron chi connectivity index (χ0n) is 19.9. The molecule has 0 bridgehead atoms. The largest absolute Gasteiger partial charge is 0.480 e. The fourth-order valence-corrected chi connectivity index (χ4v) is 6.02. The summed E-state index contributed by atoms with van der Waals surface area (Å²) in [6, 6.07) is 13.1. The number of piperidine rings is 1. The molecule has 3 heterocycles. The summed E-state index contributed by atoms with van der Waals surface area (Å²) in [5, 5.41) is 9.83. The lowest BCUT2D eigenvalue weighted by atomic mass is 9.90. The number of pyridine rings is 1. The fourth-order valence-electron chi connectivity index (χ4n) is 6.02. The zero-order valence-corrected chi connectivity index (χ0v) is 19.9. The number of hydrogen-bond donors (Lipinski definition) is 1. The van der Waals surface area contributed by atoms with Gasteiger partial charge < -0.3 is 10.0 Å². The van der Waals surface area contributed by atoms with Crippen LogP contribution in [0.25, 0.3) is 0 Å². The summed E-state index contributed by atoms with van der Waals surface area (Å²) in [6.45, 7) is 2.75. The lowest BCUT2D eigenvalue weighted by Gasteiger charge is -2.34. The van der Waals surface area contributed by atoms with Crippen LogP contribution in [-0.2, 0) is 28.9 Å². The Bertz CT molecular complexity index is 1020. The van der Waals surface area contributed by atoms with Crippen LogP contribution in [-0.4, -0.2) is 57.9 Å². The number of likely N-dealkylation sites (tertiary alicyclic amines) is 2. The van der Waals surface area contributed by atoms with E-state index in [1.54, 1.807) is 0 Å². The number of hydrogen-bond acceptors (Lipinski definition) is 4. The lowest BCUT2D eigenvalue weighted by Crippen LogP contribution is -2.43. The molecule has 34 heavy (non-hydrogen) atoms. The topological polar surface area (TPSA) is 73.7 Å². The normalized spacial score (nSPS) is 22.4. The van der Waals surface area contributed by atoms with Gasteiger partial charge in [0.05, 0.1) is 5.92 Å². The maximum absolute atomic E-state index is 13.2. The first-order chi connectivity index (χ1) is 16.6. The van der Waals surface area contributed by atoms with E-state index in [0.29, 0.717) is 19.0 Å². The summed E-state index contributed by atoms with van der Waals surface area (Å²) < 4.78 is 0. The van der Waals surface area contributed by atoms with Crippen molar-refractivity contribution in [2.45, 2.75) is 57.4 Å². The molecule has 1 amide bonds. The van der Waals surface area contributed by atoms with Crippen LogP contribution in [0.3, 0.4) is 0 Å². The number of nitrogens with zero attached hydrogens (tertiary/aromatic N) is 3. The summed E-state index contributed by atoms with van der Waals surface area (Å²) in [6.07, 6.45) is 8.58. The van der Waals surface area contributed by atoms with Crippen molar-refractivity contribution in [1.29, 1.82) is 0 Å². The van der Waals surface area contributed by atoms with Gasteiger partial charge in [-0.1, -0.05) is 36.4 Å². The molecule has 6 heteroatoms. The SMILES string of the molecule is O=C(O)[C@@H](c1ccccc1)N1CC[C@@H](C(=O)N2CCC(Cc3ccc4c(n3)CCCC4)CC2)C1. The summed E-state index contributed by atoms with van der Waals surface area (Å²) in [5.74, 6) is -0.182. The predicted molar refractivity (Wildman–Crippen MR) is 130 cm³/mol. The molecule has 180 valence electrons. The highest BCUT2D eigenvalue weighted by Crippen LogP contribution is 2.31. The number of amides is 1. The minimum atomic E-state index is -0.851. The van der Waals surface area contributed by atoms with Crippen molar-refractivity contribution in [1.82, 2.24) is 14.8 Å². The van der Waals surface area contributed by atoms with E-state index in [2.05, 4.69) is 12.1 Å². The predicted octanol–water partition coefficient (Wildman–Crippen LogP) is 3.89. The van der Waals surface area contributed by atoms with Crippen LogP contribution in [0.5, 0.6) is 0 Å². The Hall–Kier alpha value is -2.73. The van der Waals surface area contributed by atoms with Gasteiger partial charge in [-0.05, 0) is 74.5 Å². The standard InChI is InChI=1S/C28H35N3O3/c32-27(23-14-17-31(19-23)26(28(33)34)22-7-2-1-3-8-22)30-15-12-20(13-16-30)18-24-11-10-21-6-4-5-9-25(21)29-24/h1-3,7-8,10-11,20,23,26H,4-6,9,12-19H2,(H,33,34)/t23-,26-/m1/s1. The number of aliphatic carboxylic acids is 1. The van der Waals surface area contributed by atoms with E-state index in [-0.39, 0.29) is 11.8 Å². The van der Waals surface area contributed by atoms with Gasteiger partial charge in [0.25, 0.3) is 0 Å². The molecule has 1 N–H and O–H groups in total. The summed E-state index contributed by atoms with van der Waals surface area (Å²) in [7, 11) is 0. The minimum absolute atomic E-state index is 0.107. The Morgan fingerprint density at radius 3 is 2.50 bits per heavy atom. The average molecular weight is 462 g/mol. The molecule has 0 spiro atoms. The molecule has 5 rings (SSSR count). The number of benzene rings is 1. The highest BCUT2D eigenvalue weighted by molar-refractivity contribution is 5.80. The van der Waals surface area contributed by atoms with Crippen LogP contribution in [0.2, 0.25) is 0 Å². The lowest BCUT2D eigenvalue weighted by molar-refractivity contribution is -0.144. The maximum atomic E-state index is 13.2. The van der Waals surface area contributed by atoms with Gasteiger partial charge in [-0.25, -0.2) is 0 Å². The Morgan fingerprint density at radius 2 is 1.74 bits per heavy atom. The molecular weight excluding hydrogens is 426 g/mol. The van der Waals surface area contributed by atoms with Crippen molar-refractivity contribution in [2.75, 3.05) is 26.2 Å². The maximum Gasteiger partial charge on any atom is 0.325 e. The molecule has 2 saturated heterocycles. The van der Waals surface area contributed by atoms with Crippen molar-refractivity contribution < 1.29 is 14.7 Å². The van der Waals surface area contributed by atoms with Crippen LogP contribution in [0.15, 0.2) is 42.5 Å². The molecule has 2 fully saturated rings. The Morgan fingerprint density at radius 1 is 0.971 bits per heavy atom. The van der Waals surface area contributed by atoms with E-state index in [1.807, 2.05) is 40.1 Å². The molecule has 1 aromatic heterocycles. The quantitative estimate of drug-likeness (QED) is 0.707. The molecule has 1 aliphatic carbocycles. The Labute approximate surface area is 202 Å². The third-order valence-electron chi connectivity index (χ3n) is 7.94. The molecule has 0 radical (unpaired) electrons. The highest BCUT2D eigenvalue weighted by Gasteiger charge is 2.38. The van der Waals surface area contributed by atoms with Crippen LogP contribution in [0, 0.1) is 11.8 Å². The van der Waals surface area contributed by atoms with Gasteiger partial charge in [0.15, 0.2) is 0 Å².